The second-order valence-electron chi connectivity index (χ2n) is 10.4. The summed E-state index contributed by atoms with van der Waals surface area (Å²) in [6, 6.07) is 19.6. The lowest BCUT2D eigenvalue weighted by molar-refractivity contribution is -0.161. The van der Waals surface area contributed by atoms with Crippen LogP contribution in [0.2, 0.25) is 0 Å². The first-order chi connectivity index (χ1) is 16.5. The number of piperidine rings is 1. The normalized spacial score (nSPS) is 20.3. The SMILES string of the molecule is C[C](C)C(CCOc1ccccc1)C1CCN(C(=O)C(O)(c2ccccc2)C2CCCC2)CC1. The summed E-state index contributed by atoms with van der Waals surface area (Å²) < 4.78 is 5.98. The molecule has 0 bridgehead atoms. The van der Waals surface area contributed by atoms with E-state index < -0.39 is 5.60 Å². The highest BCUT2D eigenvalue weighted by molar-refractivity contribution is 5.87. The average Bonchev–Trinajstić information content (AvgIpc) is 3.42. The molecule has 0 spiro atoms. The molecular formula is C30H40NO3. The van der Waals surface area contributed by atoms with Crippen molar-refractivity contribution in [3.63, 3.8) is 0 Å². The monoisotopic (exact) mass is 462 g/mol. The fourth-order valence-electron chi connectivity index (χ4n) is 6.13. The highest BCUT2D eigenvalue weighted by atomic mass is 16.5. The van der Waals surface area contributed by atoms with Crippen molar-refractivity contribution in [2.24, 2.45) is 17.8 Å². The van der Waals surface area contributed by atoms with Gasteiger partial charge in [-0.15, -0.1) is 0 Å². The van der Waals surface area contributed by atoms with Crippen LogP contribution in [-0.4, -0.2) is 35.6 Å². The van der Waals surface area contributed by atoms with Crippen molar-refractivity contribution in [1.29, 1.82) is 0 Å². The second kappa shape index (κ2) is 11.4. The third-order valence-corrected chi connectivity index (χ3v) is 8.06. The molecule has 1 saturated heterocycles. The summed E-state index contributed by atoms with van der Waals surface area (Å²) in [5, 5.41) is 11.9. The number of carbonyl (C=O) groups excluding carboxylic acids is 1. The Balaban J connectivity index is 1.38. The van der Waals surface area contributed by atoms with Crippen LogP contribution in [0.5, 0.6) is 5.75 Å². The Morgan fingerprint density at radius 1 is 0.971 bits per heavy atom. The van der Waals surface area contributed by atoms with Gasteiger partial charge in [-0.25, -0.2) is 0 Å². The number of rotatable bonds is 9. The summed E-state index contributed by atoms with van der Waals surface area (Å²) in [7, 11) is 0. The third-order valence-electron chi connectivity index (χ3n) is 8.06. The molecule has 1 aliphatic heterocycles. The molecule has 2 fully saturated rings. The summed E-state index contributed by atoms with van der Waals surface area (Å²) in [5.74, 6) is 3.31. The van der Waals surface area contributed by atoms with E-state index in [0.717, 1.165) is 56.3 Å². The lowest BCUT2D eigenvalue weighted by Crippen LogP contribution is -2.53. The maximum absolute atomic E-state index is 13.8. The molecule has 4 heteroatoms. The van der Waals surface area contributed by atoms with Crippen molar-refractivity contribution in [2.75, 3.05) is 19.7 Å². The standard InChI is InChI=1S/C30H40NO3/c1-23(2)28(19-22-34-27-15-7-4-8-16-27)24-17-20-31(21-18-24)29(32)30(33,26-13-9-10-14-26)25-11-5-3-6-12-25/h3-8,11-12,15-16,24,26,28,33H,9-10,13-14,17-22H2,1-2H3. The lowest BCUT2D eigenvalue weighted by Gasteiger charge is -2.42. The molecule has 1 N–H and O–H groups in total. The molecule has 34 heavy (non-hydrogen) atoms. The molecule has 1 saturated carbocycles. The average molecular weight is 463 g/mol. The largest absolute Gasteiger partial charge is 0.494 e. The van der Waals surface area contributed by atoms with Crippen LogP contribution in [0.15, 0.2) is 60.7 Å². The van der Waals surface area contributed by atoms with E-state index in [-0.39, 0.29) is 11.8 Å². The first-order valence-electron chi connectivity index (χ1n) is 13.0. The van der Waals surface area contributed by atoms with Crippen molar-refractivity contribution in [3.05, 3.63) is 72.1 Å². The van der Waals surface area contributed by atoms with E-state index in [0.29, 0.717) is 31.5 Å². The van der Waals surface area contributed by atoms with E-state index in [1.54, 1.807) is 0 Å². The summed E-state index contributed by atoms with van der Waals surface area (Å²) >= 11 is 0. The Labute approximate surface area is 205 Å². The lowest BCUT2D eigenvalue weighted by atomic mass is 9.75. The van der Waals surface area contributed by atoms with Crippen LogP contribution >= 0.6 is 0 Å². The van der Waals surface area contributed by atoms with E-state index >= 15 is 0 Å². The Hall–Kier alpha value is -2.33. The zero-order chi connectivity index (χ0) is 24.0. The molecule has 2 aliphatic rings. The Morgan fingerprint density at radius 3 is 2.15 bits per heavy atom. The van der Waals surface area contributed by atoms with Crippen LogP contribution in [0.25, 0.3) is 0 Å². The quantitative estimate of drug-likeness (QED) is 0.497. The summed E-state index contributed by atoms with van der Waals surface area (Å²) in [5.41, 5.74) is -0.650. The number of carbonyl (C=O) groups is 1. The number of aliphatic hydroxyl groups is 1. The van der Waals surface area contributed by atoms with Crippen molar-refractivity contribution >= 4 is 5.91 Å². The van der Waals surface area contributed by atoms with Gasteiger partial charge >= 0.3 is 0 Å². The van der Waals surface area contributed by atoms with Gasteiger partial charge in [0.2, 0.25) is 0 Å². The molecular weight excluding hydrogens is 422 g/mol. The third kappa shape index (κ3) is 5.49. The van der Waals surface area contributed by atoms with Crippen LogP contribution in [-0.2, 0) is 10.4 Å². The molecule has 0 aromatic heterocycles. The topological polar surface area (TPSA) is 49.8 Å². The van der Waals surface area contributed by atoms with E-state index in [2.05, 4.69) is 13.8 Å². The number of hydrogen-bond acceptors (Lipinski definition) is 3. The molecule has 4 nitrogen and oxygen atoms in total. The highest BCUT2D eigenvalue weighted by Gasteiger charge is 2.48. The van der Waals surface area contributed by atoms with Gasteiger partial charge in [0.05, 0.1) is 6.61 Å². The smallest absolute Gasteiger partial charge is 0.259 e. The predicted molar refractivity (Wildman–Crippen MR) is 136 cm³/mol. The van der Waals surface area contributed by atoms with Gasteiger partial charge in [-0.3, -0.25) is 4.79 Å². The van der Waals surface area contributed by atoms with Gasteiger partial charge in [-0.1, -0.05) is 75.2 Å². The maximum Gasteiger partial charge on any atom is 0.259 e. The predicted octanol–water partition coefficient (Wildman–Crippen LogP) is 6.00. The zero-order valence-corrected chi connectivity index (χ0v) is 20.8. The van der Waals surface area contributed by atoms with Crippen molar-refractivity contribution < 1.29 is 14.6 Å². The van der Waals surface area contributed by atoms with Gasteiger partial charge in [0, 0.05) is 19.0 Å². The zero-order valence-electron chi connectivity index (χ0n) is 20.8. The molecule has 2 aromatic carbocycles. The first-order valence-corrected chi connectivity index (χ1v) is 13.0. The van der Waals surface area contributed by atoms with Gasteiger partial charge in [0.15, 0.2) is 5.60 Å². The van der Waals surface area contributed by atoms with E-state index in [9.17, 15) is 9.90 Å². The number of likely N-dealkylation sites (tertiary alicyclic amines) is 1. The Kier molecular flexibility index (Phi) is 8.31. The van der Waals surface area contributed by atoms with Gasteiger partial charge in [-0.05, 0) is 67.6 Å². The molecule has 2 unspecified atom stereocenters. The molecule has 4 rings (SSSR count). The first kappa shape index (κ1) is 24.8. The van der Waals surface area contributed by atoms with E-state index in [1.807, 2.05) is 65.6 Å². The minimum Gasteiger partial charge on any atom is -0.494 e. The van der Waals surface area contributed by atoms with Gasteiger partial charge in [0.1, 0.15) is 5.75 Å². The fourth-order valence-corrected chi connectivity index (χ4v) is 6.13. The van der Waals surface area contributed by atoms with Crippen LogP contribution < -0.4 is 4.74 Å². The molecule has 1 amide bonds. The number of amides is 1. The van der Waals surface area contributed by atoms with Crippen molar-refractivity contribution in [1.82, 2.24) is 4.90 Å². The number of benzene rings is 2. The number of nitrogens with zero attached hydrogens (tertiary/aromatic N) is 1. The molecule has 183 valence electrons. The minimum absolute atomic E-state index is 0.00854. The fraction of sp³-hybridized carbons (Fsp3) is 0.533. The Bertz CT molecular complexity index is 886. The molecule has 1 aliphatic carbocycles. The Morgan fingerprint density at radius 2 is 1.56 bits per heavy atom. The van der Waals surface area contributed by atoms with E-state index in [1.165, 1.54) is 5.92 Å². The van der Waals surface area contributed by atoms with Crippen LogP contribution in [0.4, 0.5) is 0 Å². The van der Waals surface area contributed by atoms with E-state index in [4.69, 9.17) is 4.74 Å². The number of hydrogen-bond donors (Lipinski definition) is 1. The van der Waals surface area contributed by atoms with Gasteiger partial charge < -0.3 is 14.7 Å². The maximum atomic E-state index is 13.8. The number of para-hydroxylation sites is 1. The van der Waals surface area contributed by atoms with Crippen LogP contribution in [0.1, 0.15) is 64.4 Å². The summed E-state index contributed by atoms with van der Waals surface area (Å²) in [4.78, 5) is 15.7. The molecule has 1 heterocycles. The van der Waals surface area contributed by atoms with Gasteiger partial charge in [0.25, 0.3) is 5.91 Å². The highest BCUT2D eigenvalue weighted by Crippen LogP contribution is 2.43. The summed E-state index contributed by atoms with van der Waals surface area (Å²) in [6.07, 6.45) is 6.96. The van der Waals surface area contributed by atoms with Crippen LogP contribution in [0.3, 0.4) is 0 Å². The van der Waals surface area contributed by atoms with Crippen LogP contribution in [0, 0.1) is 23.7 Å². The summed E-state index contributed by atoms with van der Waals surface area (Å²) in [6.45, 7) is 6.58. The second-order valence-corrected chi connectivity index (χ2v) is 10.4. The van der Waals surface area contributed by atoms with Gasteiger partial charge in [-0.2, -0.15) is 0 Å². The molecule has 2 aromatic rings. The molecule has 1 radical (unpaired) electrons. The van der Waals surface area contributed by atoms with Crippen molar-refractivity contribution in [3.8, 4) is 5.75 Å². The number of ether oxygens (including phenoxy) is 1. The molecule has 2 atom stereocenters. The minimum atomic E-state index is -1.40. The van der Waals surface area contributed by atoms with Crippen molar-refractivity contribution in [2.45, 2.75) is 64.4 Å².